The van der Waals surface area contributed by atoms with Gasteiger partial charge in [0.25, 0.3) is 0 Å². The molecular weight excluding hydrogens is 1380 g/mol. The van der Waals surface area contributed by atoms with Crippen LogP contribution in [0, 0.1) is 109 Å². The van der Waals surface area contributed by atoms with E-state index < -0.39 is 44.1 Å². The van der Waals surface area contributed by atoms with Crippen LogP contribution in [0.1, 0.15) is 192 Å². The monoisotopic (exact) mass is 1490 g/mol. The first-order valence-electron chi connectivity index (χ1n) is 45.3. The normalized spacial score (nSPS) is 15.7. The van der Waals surface area contributed by atoms with E-state index in [2.05, 4.69) is 19.4 Å². The van der Waals surface area contributed by atoms with Crippen molar-refractivity contribution in [2.45, 2.75) is 162 Å². The molecule has 0 N–H and O–H groups in total. The molecule has 0 bridgehead atoms. The number of nitrogens with zero attached hydrogens (tertiary/aromatic N) is 8. The number of aromatic nitrogens is 4. The molecule has 12 heteroatoms. The minimum absolute atomic E-state index is 0.128. The standard InChI is InChI=1S/4C25H25N2O/c2*1-14(2)18-11-17(5)27(7)22(12-18)23-15(3)8-9-20-21-13-19(26-6)10-16(4)24(21)28-25(20)23;2*1-14(2)18-11-17(5)27(7)22(12-18)24-15(3)8-9-19-20-13-21(26-6)16(4)10-23(20)28-25(19)24/h4*8-14H,1-5,7H3/q4*+1/i1D3,11D,12D,14D;1D3,14D;11D,12D,14D;1D3,14D. The van der Waals surface area contributed by atoms with Gasteiger partial charge in [-0.1, -0.05) is 104 Å². The summed E-state index contributed by atoms with van der Waals surface area (Å²) in [5, 5.41) is 6.90. The predicted molar refractivity (Wildman–Crippen MR) is 460 cm³/mol. The topological polar surface area (TPSA) is 85.5 Å². The van der Waals surface area contributed by atoms with E-state index in [4.69, 9.17) is 67.3 Å². The van der Waals surface area contributed by atoms with Gasteiger partial charge in [-0.3, -0.25) is 0 Å². The highest BCUT2D eigenvalue weighted by molar-refractivity contribution is 6.15. The van der Waals surface area contributed by atoms with Crippen LogP contribution in [0.2, 0.25) is 0 Å². The maximum absolute atomic E-state index is 9.02. The Morgan fingerprint density at radius 2 is 0.625 bits per heavy atom. The lowest BCUT2D eigenvalue weighted by Crippen LogP contribution is -2.35. The molecular formula is C100H100N8O4+4. The highest BCUT2D eigenvalue weighted by atomic mass is 16.3. The molecule has 0 aliphatic rings. The SMILES string of the molecule is [2H]C([2H])([2H])C([2H])(C)c1cc(C)[n+](C)c(-c2c(C)ccc3c2oc2c(C)cc([N+]#[C-])cc23)c1.[2H]C([2H])([2H])C([2H])(C)c1cc(C)[n+](C)c(-c2c(C)ccc3c2oc2cc(C)c([N+]#[C-])cc23)c1.[2H]c1c(C([2H])(C)C([2H])([2H])[2H])c([2H])c(-c2c(C)ccc3c2oc2c(C)cc([N+]#[C-])cc23)[n+](C)c1C.[2H]c1c(C([2H])(C)C)c([2H])c(-c2c(C)ccc3c2oc2cc(C)c([N+]#[C-])cc23)[n+](C)c1C. The predicted octanol–water partition coefficient (Wildman–Crippen LogP) is 26.7. The third-order valence-electron chi connectivity index (χ3n) is 21.7. The van der Waals surface area contributed by atoms with Crippen LogP contribution in [0.5, 0.6) is 0 Å². The van der Waals surface area contributed by atoms with Crippen LogP contribution in [0.25, 0.3) is 152 Å². The van der Waals surface area contributed by atoms with E-state index in [1.54, 1.807) is 68.8 Å². The minimum Gasteiger partial charge on any atom is -0.455 e. The molecule has 8 aromatic heterocycles. The summed E-state index contributed by atoms with van der Waals surface area (Å²) in [6, 6.07) is 37.7. The number of fused-ring (bicyclic) bond motifs is 12. The van der Waals surface area contributed by atoms with Gasteiger partial charge in [-0.25, -0.2) is 19.4 Å². The van der Waals surface area contributed by atoms with Crippen molar-refractivity contribution in [1.29, 1.82) is 0 Å². The molecule has 3 unspecified atom stereocenters. The van der Waals surface area contributed by atoms with Crippen LogP contribution in [0.15, 0.2) is 163 Å². The second-order valence-corrected chi connectivity index (χ2v) is 29.7. The second-order valence-electron chi connectivity index (χ2n) is 29.7. The molecule has 12 nitrogen and oxygen atoms in total. The molecule has 0 aliphatic heterocycles. The van der Waals surface area contributed by atoms with Gasteiger partial charge in [0.1, 0.15) is 72.9 Å². The molecule has 16 aromatic rings. The number of pyridine rings is 4. The van der Waals surface area contributed by atoms with Gasteiger partial charge in [-0.2, -0.15) is 18.3 Å². The Kier molecular flexibility index (Phi) is 15.9. The summed E-state index contributed by atoms with van der Waals surface area (Å²) < 4.78 is 173. The van der Waals surface area contributed by atoms with Crippen molar-refractivity contribution in [2.24, 2.45) is 28.2 Å². The summed E-state index contributed by atoms with van der Waals surface area (Å²) in [6.07, 6.45) is 0. The van der Waals surface area contributed by atoms with Crippen LogP contribution in [0.3, 0.4) is 0 Å². The van der Waals surface area contributed by atoms with Gasteiger partial charge in [-0.15, -0.1) is 0 Å². The van der Waals surface area contributed by atoms with Crippen molar-refractivity contribution in [2.75, 3.05) is 0 Å². The van der Waals surface area contributed by atoms with Crippen LogP contribution in [-0.4, -0.2) is 0 Å². The molecule has 3 atom stereocenters. The number of aryl methyl sites for hydroxylation is 10. The maximum Gasteiger partial charge on any atom is 0.216 e. The van der Waals surface area contributed by atoms with Crippen LogP contribution < -0.4 is 18.3 Å². The summed E-state index contributed by atoms with van der Waals surface area (Å²) >= 11 is 0. The molecule has 0 fully saturated rings. The van der Waals surface area contributed by atoms with Crippen molar-refractivity contribution >= 4 is 111 Å². The summed E-state index contributed by atoms with van der Waals surface area (Å²) in [6.45, 7) is 52.3. The number of hydrogen-bond donors (Lipinski definition) is 0. The van der Waals surface area contributed by atoms with Gasteiger partial charge in [-0.05, 0) is 194 Å². The molecule has 0 radical (unpaired) electrons. The Bertz CT molecular complexity index is 7650. The van der Waals surface area contributed by atoms with Crippen molar-refractivity contribution in [1.82, 2.24) is 0 Å². The fraction of sp³-hybridized carbons (Fsp3) is 0.280. The van der Waals surface area contributed by atoms with E-state index in [0.29, 0.717) is 107 Å². The van der Waals surface area contributed by atoms with Crippen LogP contribution >= 0.6 is 0 Å². The lowest BCUT2D eigenvalue weighted by atomic mass is 9.96. The van der Waals surface area contributed by atoms with Gasteiger partial charge in [0, 0.05) is 137 Å². The molecule has 0 amide bonds. The zero-order valence-corrected chi connectivity index (χ0v) is 67.3. The first kappa shape index (κ1) is 58.5. The van der Waals surface area contributed by atoms with Crippen molar-refractivity contribution < 1.29 is 59.2 Å². The van der Waals surface area contributed by atoms with E-state index in [1.807, 2.05) is 196 Å². The molecule has 16 rings (SSSR count). The molecule has 560 valence electrons. The van der Waals surface area contributed by atoms with Gasteiger partial charge in [0.05, 0.1) is 54.0 Å². The van der Waals surface area contributed by atoms with E-state index in [9.17, 15) is 0 Å². The summed E-state index contributed by atoms with van der Waals surface area (Å²) in [4.78, 5) is 14.4. The second kappa shape index (κ2) is 30.4. The van der Waals surface area contributed by atoms with Gasteiger partial charge in [0.15, 0.2) is 45.5 Å². The molecule has 112 heavy (non-hydrogen) atoms. The molecule has 8 aromatic carbocycles. The van der Waals surface area contributed by atoms with E-state index in [-0.39, 0.29) is 29.7 Å². The number of hydrogen-bond acceptors (Lipinski definition) is 4. The summed E-state index contributed by atoms with van der Waals surface area (Å²) in [5.74, 6) is -6.74. The zero-order chi connectivity index (χ0) is 95.3. The third kappa shape index (κ3) is 13.9. The third-order valence-corrected chi connectivity index (χ3v) is 21.7. The Hall–Kier alpha value is -12.5. The maximum atomic E-state index is 9.02. The molecule has 0 spiro atoms. The van der Waals surface area contributed by atoms with Gasteiger partial charge < -0.3 is 17.7 Å². The average molecular weight is 1500 g/mol. The van der Waals surface area contributed by atoms with E-state index in [0.717, 1.165) is 133 Å². The number of benzene rings is 8. The summed E-state index contributed by atoms with van der Waals surface area (Å²) in [7, 11) is 7.43. The largest absolute Gasteiger partial charge is 0.455 e. The number of furan rings is 4. The first-order chi connectivity index (χ1) is 59.9. The molecule has 8 heterocycles. The molecule has 0 saturated carbocycles. The van der Waals surface area contributed by atoms with E-state index in [1.165, 1.54) is 20.8 Å². The Morgan fingerprint density at radius 3 is 0.964 bits per heavy atom. The quantitative estimate of drug-likeness (QED) is 0.112. The zero-order valence-electron chi connectivity index (χ0n) is 84.3. The van der Waals surface area contributed by atoms with Crippen molar-refractivity contribution in [3.63, 3.8) is 0 Å². The van der Waals surface area contributed by atoms with Crippen LogP contribution in [-0.2, 0) is 28.2 Å². The summed E-state index contributed by atoms with van der Waals surface area (Å²) in [5.41, 5.74) is 24.4. The minimum atomic E-state index is -2.73. The fourth-order valence-electron chi connectivity index (χ4n) is 14.9. The first-order valence-corrected chi connectivity index (χ1v) is 36.8. The van der Waals surface area contributed by atoms with Crippen molar-refractivity contribution in [3.05, 3.63) is 281 Å². The van der Waals surface area contributed by atoms with E-state index >= 15 is 0 Å². The average Bonchev–Trinajstić information content (AvgIpc) is 1.66. The Morgan fingerprint density at radius 1 is 0.304 bits per heavy atom. The number of rotatable bonds is 8. The molecule has 0 saturated heterocycles. The Balaban J connectivity index is 0.000000147. The molecule has 0 aliphatic carbocycles. The smallest absolute Gasteiger partial charge is 0.216 e. The highest BCUT2D eigenvalue weighted by Gasteiger charge is 2.30. The fourth-order valence-corrected chi connectivity index (χ4v) is 14.9. The van der Waals surface area contributed by atoms with Crippen molar-refractivity contribution in [3.8, 4) is 45.0 Å². The van der Waals surface area contributed by atoms with Gasteiger partial charge in [0.2, 0.25) is 22.8 Å². The Labute approximate surface area is 682 Å². The highest BCUT2D eigenvalue weighted by Crippen LogP contribution is 2.46. The van der Waals surface area contributed by atoms with Gasteiger partial charge >= 0.3 is 0 Å². The lowest BCUT2D eigenvalue weighted by molar-refractivity contribution is -0.666. The lowest BCUT2D eigenvalue weighted by Gasteiger charge is -2.11. The van der Waals surface area contributed by atoms with Crippen LogP contribution in [0.4, 0.5) is 22.7 Å².